The minimum atomic E-state index is 0.164. The lowest BCUT2D eigenvalue weighted by Crippen LogP contribution is -2.48. The van der Waals surface area contributed by atoms with Crippen molar-refractivity contribution in [3.63, 3.8) is 0 Å². The fourth-order valence-corrected chi connectivity index (χ4v) is 4.11. The Morgan fingerprint density at radius 1 is 1.00 bits per heavy atom. The fraction of sp³-hybridized carbons (Fsp3) is 0.320. The molecule has 0 radical (unpaired) electrons. The van der Waals surface area contributed by atoms with Crippen molar-refractivity contribution >= 4 is 5.91 Å². The number of nitrogens with zero attached hydrogens (tertiary/aromatic N) is 5. The van der Waals surface area contributed by atoms with Crippen LogP contribution in [0.3, 0.4) is 0 Å². The maximum atomic E-state index is 13.0. The van der Waals surface area contributed by atoms with Gasteiger partial charge in [-0.1, -0.05) is 30.3 Å². The molecule has 1 saturated heterocycles. The molecule has 0 bridgehead atoms. The van der Waals surface area contributed by atoms with E-state index in [1.807, 2.05) is 78.0 Å². The van der Waals surface area contributed by atoms with Crippen LogP contribution in [0.5, 0.6) is 0 Å². The lowest BCUT2D eigenvalue weighted by Gasteiger charge is -2.35. The van der Waals surface area contributed by atoms with E-state index >= 15 is 0 Å². The van der Waals surface area contributed by atoms with Crippen LogP contribution in [0.4, 0.5) is 0 Å². The average molecular weight is 414 g/mol. The van der Waals surface area contributed by atoms with Gasteiger partial charge in [-0.15, -0.1) is 0 Å². The van der Waals surface area contributed by atoms with E-state index < -0.39 is 0 Å². The summed E-state index contributed by atoms with van der Waals surface area (Å²) in [6.45, 7) is 8.03. The summed E-state index contributed by atoms with van der Waals surface area (Å²) in [7, 11) is 0. The number of carbonyl (C=O) groups excluding carboxylic acids is 1. The second-order valence-corrected chi connectivity index (χ2v) is 8.04. The van der Waals surface area contributed by atoms with Gasteiger partial charge in [-0.2, -0.15) is 10.4 Å². The standard InChI is InChI=1S/C25H27N5O/c1-19-24(20(2)30(27-19)23-6-4-3-5-7-23)16-25(31)29-14-12-28(13-15-29)18-22-10-8-21(17-26)9-11-22/h3-11H,12-16,18H2,1-2H3. The van der Waals surface area contributed by atoms with E-state index in [0.29, 0.717) is 12.0 Å². The Balaban J connectivity index is 1.35. The van der Waals surface area contributed by atoms with Crippen LogP contribution in [-0.2, 0) is 17.8 Å². The number of para-hydroxylation sites is 1. The lowest BCUT2D eigenvalue weighted by atomic mass is 10.1. The fourth-order valence-electron chi connectivity index (χ4n) is 4.11. The number of piperazine rings is 1. The molecule has 1 aliphatic rings. The molecule has 31 heavy (non-hydrogen) atoms. The van der Waals surface area contributed by atoms with Crippen LogP contribution in [0.1, 0.15) is 28.1 Å². The first kappa shape index (κ1) is 20.8. The van der Waals surface area contributed by atoms with E-state index in [1.165, 1.54) is 5.56 Å². The Kier molecular flexibility index (Phi) is 6.15. The van der Waals surface area contributed by atoms with Crippen LogP contribution < -0.4 is 0 Å². The van der Waals surface area contributed by atoms with E-state index in [-0.39, 0.29) is 5.91 Å². The van der Waals surface area contributed by atoms with Gasteiger partial charge in [0.05, 0.1) is 29.4 Å². The molecule has 2 heterocycles. The first-order valence-corrected chi connectivity index (χ1v) is 10.6. The van der Waals surface area contributed by atoms with Crippen LogP contribution in [-0.4, -0.2) is 51.7 Å². The predicted molar refractivity (Wildman–Crippen MR) is 120 cm³/mol. The molecular formula is C25H27N5O. The van der Waals surface area contributed by atoms with Crippen LogP contribution in [0, 0.1) is 25.2 Å². The van der Waals surface area contributed by atoms with E-state index in [0.717, 1.165) is 55.4 Å². The molecule has 1 aliphatic heterocycles. The normalized spacial score (nSPS) is 14.4. The van der Waals surface area contributed by atoms with Crippen molar-refractivity contribution < 1.29 is 4.79 Å². The Hall–Kier alpha value is -3.43. The van der Waals surface area contributed by atoms with Crippen molar-refractivity contribution in [1.82, 2.24) is 19.6 Å². The highest BCUT2D eigenvalue weighted by Crippen LogP contribution is 2.19. The van der Waals surface area contributed by atoms with Gasteiger partial charge in [0.1, 0.15) is 0 Å². The summed E-state index contributed by atoms with van der Waals surface area (Å²) in [4.78, 5) is 17.3. The van der Waals surface area contributed by atoms with Crippen molar-refractivity contribution in [1.29, 1.82) is 5.26 Å². The van der Waals surface area contributed by atoms with Crippen molar-refractivity contribution in [3.05, 3.63) is 82.7 Å². The van der Waals surface area contributed by atoms with Crippen molar-refractivity contribution in [2.75, 3.05) is 26.2 Å². The molecule has 1 aromatic heterocycles. The van der Waals surface area contributed by atoms with Gasteiger partial charge in [0.2, 0.25) is 5.91 Å². The summed E-state index contributed by atoms with van der Waals surface area (Å²) in [5, 5.41) is 13.6. The number of rotatable bonds is 5. The summed E-state index contributed by atoms with van der Waals surface area (Å²) < 4.78 is 1.92. The second kappa shape index (κ2) is 9.15. The zero-order valence-electron chi connectivity index (χ0n) is 18.1. The molecule has 3 aromatic rings. The van der Waals surface area contributed by atoms with Gasteiger partial charge in [0.15, 0.2) is 0 Å². The van der Waals surface area contributed by atoms with Gasteiger partial charge in [-0.25, -0.2) is 4.68 Å². The zero-order chi connectivity index (χ0) is 21.8. The number of aromatic nitrogens is 2. The average Bonchev–Trinajstić information content (AvgIpc) is 3.09. The van der Waals surface area contributed by atoms with E-state index in [9.17, 15) is 4.79 Å². The SMILES string of the molecule is Cc1nn(-c2ccccc2)c(C)c1CC(=O)N1CCN(Cc2ccc(C#N)cc2)CC1. The molecule has 0 spiro atoms. The second-order valence-electron chi connectivity index (χ2n) is 8.04. The molecule has 0 N–H and O–H groups in total. The van der Waals surface area contributed by atoms with Gasteiger partial charge >= 0.3 is 0 Å². The molecule has 4 rings (SSSR count). The summed E-state index contributed by atoms with van der Waals surface area (Å²) in [5.74, 6) is 0.164. The minimum absolute atomic E-state index is 0.164. The molecule has 0 saturated carbocycles. The van der Waals surface area contributed by atoms with Crippen LogP contribution in [0.15, 0.2) is 54.6 Å². The number of carbonyl (C=O) groups is 1. The maximum Gasteiger partial charge on any atom is 0.227 e. The highest BCUT2D eigenvalue weighted by atomic mass is 16.2. The Morgan fingerprint density at radius 3 is 2.32 bits per heavy atom. The number of nitriles is 1. The Bertz CT molecular complexity index is 1090. The monoisotopic (exact) mass is 413 g/mol. The summed E-state index contributed by atoms with van der Waals surface area (Å²) >= 11 is 0. The molecule has 2 aromatic carbocycles. The maximum absolute atomic E-state index is 13.0. The molecule has 0 atom stereocenters. The van der Waals surface area contributed by atoms with Crippen LogP contribution in [0.25, 0.3) is 5.69 Å². The third kappa shape index (κ3) is 4.68. The van der Waals surface area contributed by atoms with Gasteiger partial charge in [0.25, 0.3) is 0 Å². The van der Waals surface area contributed by atoms with E-state index in [1.54, 1.807) is 0 Å². The van der Waals surface area contributed by atoms with Gasteiger partial charge < -0.3 is 4.90 Å². The zero-order valence-corrected chi connectivity index (χ0v) is 18.1. The molecule has 158 valence electrons. The quantitative estimate of drug-likeness (QED) is 0.644. The first-order valence-electron chi connectivity index (χ1n) is 10.6. The largest absolute Gasteiger partial charge is 0.340 e. The number of benzene rings is 2. The minimum Gasteiger partial charge on any atom is -0.340 e. The Morgan fingerprint density at radius 2 is 1.68 bits per heavy atom. The number of hydrogen-bond acceptors (Lipinski definition) is 4. The number of aryl methyl sites for hydroxylation is 1. The number of amides is 1. The van der Waals surface area contributed by atoms with Crippen LogP contribution >= 0.6 is 0 Å². The van der Waals surface area contributed by atoms with E-state index in [2.05, 4.69) is 16.1 Å². The lowest BCUT2D eigenvalue weighted by molar-refractivity contribution is -0.132. The summed E-state index contributed by atoms with van der Waals surface area (Å²) in [6.07, 6.45) is 0.389. The molecular weight excluding hydrogens is 386 g/mol. The van der Waals surface area contributed by atoms with E-state index in [4.69, 9.17) is 5.26 Å². The predicted octanol–water partition coefficient (Wildman–Crippen LogP) is 3.25. The van der Waals surface area contributed by atoms with Gasteiger partial charge in [-0.3, -0.25) is 9.69 Å². The molecule has 1 fully saturated rings. The smallest absolute Gasteiger partial charge is 0.227 e. The molecule has 0 aliphatic carbocycles. The van der Waals surface area contributed by atoms with Gasteiger partial charge in [0, 0.05) is 44.0 Å². The molecule has 1 amide bonds. The molecule has 6 heteroatoms. The Labute approximate surface area is 183 Å². The third-order valence-corrected chi connectivity index (χ3v) is 5.98. The molecule has 0 unspecified atom stereocenters. The highest BCUT2D eigenvalue weighted by molar-refractivity contribution is 5.79. The van der Waals surface area contributed by atoms with Crippen molar-refractivity contribution in [2.24, 2.45) is 0 Å². The molecule has 6 nitrogen and oxygen atoms in total. The summed E-state index contributed by atoms with van der Waals surface area (Å²) in [6, 6.07) is 19.9. The topological polar surface area (TPSA) is 65.2 Å². The van der Waals surface area contributed by atoms with Crippen molar-refractivity contribution in [2.45, 2.75) is 26.8 Å². The van der Waals surface area contributed by atoms with Crippen LogP contribution in [0.2, 0.25) is 0 Å². The third-order valence-electron chi connectivity index (χ3n) is 5.98. The highest BCUT2D eigenvalue weighted by Gasteiger charge is 2.23. The van der Waals surface area contributed by atoms with Crippen molar-refractivity contribution in [3.8, 4) is 11.8 Å². The summed E-state index contributed by atoms with van der Waals surface area (Å²) in [5.41, 5.74) is 5.84. The van der Waals surface area contributed by atoms with Gasteiger partial charge in [-0.05, 0) is 43.7 Å². The number of hydrogen-bond donors (Lipinski definition) is 0. The first-order chi connectivity index (χ1) is 15.0.